The highest BCUT2D eigenvalue weighted by Gasteiger charge is 2.11. The molecule has 0 heterocycles. The summed E-state index contributed by atoms with van der Waals surface area (Å²) in [5, 5.41) is 23.3. The molecule has 2 aromatic carbocycles. The van der Waals surface area contributed by atoms with Crippen LogP contribution in [0.4, 0.5) is 0 Å². The van der Waals surface area contributed by atoms with Crippen molar-refractivity contribution in [1.29, 1.82) is 0 Å². The fourth-order valence-corrected chi connectivity index (χ4v) is 2.41. The Balaban J connectivity index is 2.17. The number of amides is 1. The molecule has 0 atom stereocenters. The van der Waals surface area contributed by atoms with Crippen LogP contribution in [-0.2, 0) is 0 Å². The summed E-state index contributed by atoms with van der Waals surface area (Å²) in [5.74, 6) is -0.797. The van der Waals surface area contributed by atoms with Gasteiger partial charge in [-0.3, -0.25) is 4.79 Å². The van der Waals surface area contributed by atoms with Gasteiger partial charge in [0.25, 0.3) is 5.91 Å². The molecule has 0 aliphatic carbocycles. The van der Waals surface area contributed by atoms with E-state index in [2.05, 4.69) is 10.5 Å². The van der Waals surface area contributed by atoms with Crippen LogP contribution in [0.1, 0.15) is 15.9 Å². The van der Waals surface area contributed by atoms with Gasteiger partial charge in [-0.15, -0.1) is 0 Å². The maximum atomic E-state index is 11.9. The van der Waals surface area contributed by atoms with Crippen molar-refractivity contribution in [3.05, 3.63) is 51.5 Å². The van der Waals surface area contributed by atoms with E-state index < -0.39 is 5.91 Å². The van der Waals surface area contributed by atoms with Crippen LogP contribution < -0.4 is 10.2 Å². The van der Waals surface area contributed by atoms with E-state index in [0.29, 0.717) is 21.4 Å². The number of methoxy groups -OCH3 is 1. The van der Waals surface area contributed by atoms with Gasteiger partial charge in [-0.25, -0.2) is 5.43 Å². The van der Waals surface area contributed by atoms with E-state index in [4.69, 9.17) is 27.9 Å². The SMILES string of the molecule is COc1c(Cl)cc(Cl)cc1/C=N/NC(=O)c1ccc(O)cc1O. The van der Waals surface area contributed by atoms with Crippen LogP contribution >= 0.6 is 23.2 Å². The lowest BCUT2D eigenvalue weighted by molar-refractivity contribution is 0.0952. The van der Waals surface area contributed by atoms with Gasteiger partial charge in [-0.05, 0) is 24.3 Å². The number of carbonyl (C=O) groups is 1. The van der Waals surface area contributed by atoms with E-state index in [1.165, 1.54) is 31.5 Å². The summed E-state index contributed by atoms with van der Waals surface area (Å²) in [4.78, 5) is 11.9. The molecule has 1 amide bonds. The summed E-state index contributed by atoms with van der Waals surface area (Å²) in [7, 11) is 1.44. The molecule has 2 aromatic rings. The highest BCUT2D eigenvalue weighted by atomic mass is 35.5. The van der Waals surface area contributed by atoms with Crippen LogP contribution in [0, 0.1) is 0 Å². The second kappa shape index (κ2) is 7.21. The first-order chi connectivity index (χ1) is 10.9. The average Bonchev–Trinajstić information content (AvgIpc) is 2.46. The first kappa shape index (κ1) is 16.9. The van der Waals surface area contributed by atoms with E-state index in [0.717, 1.165) is 6.07 Å². The zero-order valence-corrected chi connectivity index (χ0v) is 13.4. The number of hydrazone groups is 1. The highest BCUT2D eigenvalue weighted by molar-refractivity contribution is 6.36. The molecular weight excluding hydrogens is 343 g/mol. The third-order valence-corrected chi connectivity index (χ3v) is 3.34. The Bertz CT molecular complexity index is 778. The second-order valence-electron chi connectivity index (χ2n) is 4.41. The van der Waals surface area contributed by atoms with E-state index in [1.54, 1.807) is 6.07 Å². The topological polar surface area (TPSA) is 91.2 Å². The lowest BCUT2D eigenvalue weighted by Crippen LogP contribution is -2.17. The summed E-state index contributed by atoms with van der Waals surface area (Å²) >= 11 is 11.9. The van der Waals surface area contributed by atoms with Crippen LogP contribution in [0.5, 0.6) is 17.2 Å². The number of phenolic OH excluding ortho intramolecular Hbond substituents is 2. The van der Waals surface area contributed by atoms with Gasteiger partial charge in [0.1, 0.15) is 17.2 Å². The molecular formula is C15H12Cl2N2O4. The van der Waals surface area contributed by atoms with E-state index in [-0.39, 0.29) is 17.1 Å². The summed E-state index contributed by atoms with van der Waals surface area (Å²) < 4.78 is 5.14. The average molecular weight is 355 g/mol. The van der Waals surface area contributed by atoms with Gasteiger partial charge in [0.15, 0.2) is 0 Å². The molecule has 8 heteroatoms. The van der Waals surface area contributed by atoms with Gasteiger partial charge in [0.2, 0.25) is 0 Å². The summed E-state index contributed by atoms with van der Waals surface area (Å²) in [6.45, 7) is 0. The van der Waals surface area contributed by atoms with Crippen molar-refractivity contribution in [3.63, 3.8) is 0 Å². The van der Waals surface area contributed by atoms with Gasteiger partial charge in [0, 0.05) is 16.7 Å². The predicted molar refractivity (Wildman–Crippen MR) is 87.8 cm³/mol. The quantitative estimate of drug-likeness (QED) is 0.580. The Morgan fingerprint density at radius 1 is 1.26 bits per heavy atom. The highest BCUT2D eigenvalue weighted by Crippen LogP contribution is 2.31. The monoisotopic (exact) mass is 354 g/mol. The van der Waals surface area contributed by atoms with Crippen molar-refractivity contribution in [2.75, 3.05) is 7.11 Å². The molecule has 0 bridgehead atoms. The number of benzene rings is 2. The second-order valence-corrected chi connectivity index (χ2v) is 5.25. The minimum absolute atomic E-state index is 0.0314. The fourth-order valence-electron chi connectivity index (χ4n) is 1.82. The molecule has 0 spiro atoms. The number of phenols is 2. The molecule has 3 N–H and O–H groups in total. The third kappa shape index (κ3) is 4.06. The molecule has 120 valence electrons. The lowest BCUT2D eigenvalue weighted by Gasteiger charge is -2.07. The van der Waals surface area contributed by atoms with Gasteiger partial charge in [-0.1, -0.05) is 23.2 Å². The number of aromatic hydroxyl groups is 2. The molecule has 0 saturated heterocycles. The maximum absolute atomic E-state index is 11.9. The predicted octanol–water partition coefficient (Wildman–Crippen LogP) is 3.18. The third-order valence-electron chi connectivity index (χ3n) is 2.84. The minimum atomic E-state index is -0.647. The zero-order chi connectivity index (χ0) is 17.0. The van der Waals surface area contributed by atoms with Crippen molar-refractivity contribution in [1.82, 2.24) is 5.43 Å². The molecule has 0 aliphatic heterocycles. The van der Waals surface area contributed by atoms with Gasteiger partial charge in [-0.2, -0.15) is 5.10 Å². The summed E-state index contributed by atoms with van der Waals surface area (Å²) in [6.07, 6.45) is 1.31. The zero-order valence-electron chi connectivity index (χ0n) is 11.9. The molecule has 0 saturated carbocycles. The number of nitrogens with one attached hydrogen (secondary N) is 1. The molecule has 23 heavy (non-hydrogen) atoms. The molecule has 0 radical (unpaired) electrons. The Labute approximate surface area is 141 Å². The van der Waals surface area contributed by atoms with Crippen molar-refractivity contribution >= 4 is 35.3 Å². The van der Waals surface area contributed by atoms with Crippen molar-refractivity contribution < 1.29 is 19.7 Å². The number of ether oxygens (including phenoxy) is 1. The van der Waals surface area contributed by atoms with Crippen molar-refractivity contribution in [2.45, 2.75) is 0 Å². The van der Waals surface area contributed by atoms with Crippen molar-refractivity contribution in [3.8, 4) is 17.2 Å². The molecule has 0 aromatic heterocycles. The number of nitrogens with zero attached hydrogens (tertiary/aromatic N) is 1. The van der Waals surface area contributed by atoms with Crippen LogP contribution in [-0.4, -0.2) is 29.4 Å². The largest absolute Gasteiger partial charge is 0.508 e. The molecule has 2 rings (SSSR count). The van der Waals surface area contributed by atoms with Crippen molar-refractivity contribution in [2.24, 2.45) is 5.10 Å². The Kier molecular flexibility index (Phi) is 5.31. The standard InChI is InChI=1S/C15H12Cl2N2O4/c1-23-14-8(4-9(16)5-12(14)17)7-18-19-15(22)11-3-2-10(20)6-13(11)21/h2-7,20-21H,1H3,(H,19,22)/b18-7+. The first-order valence-electron chi connectivity index (χ1n) is 6.30. The van der Waals surface area contributed by atoms with Crippen LogP contribution in [0.15, 0.2) is 35.4 Å². The van der Waals surface area contributed by atoms with Gasteiger partial charge < -0.3 is 14.9 Å². The molecule has 0 unspecified atom stereocenters. The van der Waals surface area contributed by atoms with Crippen LogP contribution in [0.3, 0.4) is 0 Å². The maximum Gasteiger partial charge on any atom is 0.275 e. The number of rotatable bonds is 4. The number of hydrogen-bond acceptors (Lipinski definition) is 5. The van der Waals surface area contributed by atoms with Gasteiger partial charge in [0.05, 0.1) is 23.9 Å². The minimum Gasteiger partial charge on any atom is -0.508 e. The molecule has 0 aliphatic rings. The number of halogens is 2. The summed E-state index contributed by atoms with van der Waals surface area (Å²) in [6, 6.07) is 6.69. The van der Waals surface area contributed by atoms with E-state index >= 15 is 0 Å². The lowest BCUT2D eigenvalue weighted by atomic mass is 10.2. The first-order valence-corrected chi connectivity index (χ1v) is 7.06. The normalized spacial score (nSPS) is 10.7. The van der Waals surface area contributed by atoms with Crippen LogP contribution in [0.25, 0.3) is 0 Å². The summed E-state index contributed by atoms with van der Waals surface area (Å²) in [5.41, 5.74) is 2.69. The number of hydrogen-bond donors (Lipinski definition) is 3. The number of carbonyl (C=O) groups excluding carboxylic acids is 1. The Morgan fingerprint density at radius 3 is 2.65 bits per heavy atom. The fraction of sp³-hybridized carbons (Fsp3) is 0.0667. The Morgan fingerprint density at radius 2 is 2.00 bits per heavy atom. The van der Waals surface area contributed by atoms with E-state index in [1.807, 2.05) is 0 Å². The van der Waals surface area contributed by atoms with Crippen LogP contribution in [0.2, 0.25) is 10.0 Å². The smallest absolute Gasteiger partial charge is 0.275 e. The van der Waals surface area contributed by atoms with Gasteiger partial charge >= 0.3 is 0 Å². The van der Waals surface area contributed by atoms with E-state index in [9.17, 15) is 15.0 Å². The molecule has 6 nitrogen and oxygen atoms in total. The Hall–Kier alpha value is -2.44. The molecule has 0 fully saturated rings.